The van der Waals surface area contributed by atoms with Crippen molar-refractivity contribution in [2.24, 2.45) is 10.8 Å². The lowest BCUT2D eigenvalue weighted by atomic mass is 9.60. The van der Waals surface area contributed by atoms with Gasteiger partial charge in [0.15, 0.2) is 5.82 Å². The molecule has 3 atom stereocenters. The number of phenols is 1. The number of hydrogen-bond donors (Lipinski definition) is 2. The molecule has 3 saturated heterocycles. The number of aromatic nitrogens is 3. The predicted molar refractivity (Wildman–Crippen MR) is 207 cm³/mol. The van der Waals surface area contributed by atoms with Crippen molar-refractivity contribution in [1.29, 1.82) is 0 Å². The Morgan fingerprint density at radius 1 is 0.964 bits per heavy atom. The standard InChI is InChI=1S/C43H53F2N5O5/c1-4-29-31(44)10-9-26-20-28(51)21-30(33(26)29)36-35(45)37-34(39(46-36)53-3)38(49-16-6-11-41(2,52)24-49)48-40(47-37)55-25-43-12-5-8-32(43)50(17-7-13-43)27-22-42(23-27)14-18-54-19-15-42/h9-10,20-21,27,32,51-52H,4-8,11-19,22-25H2,1-3H3/t32-,41-,43-/m1/s1. The van der Waals surface area contributed by atoms with E-state index in [0.717, 1.165) is 51.9 Å². The monoisotopic (exact) mass is 757 g/mol. The van der Waals surface area contributed by atoms with Crippen LogP contribution in [0.2, 0.25) is 0 Å². The van der Waals surface area contributed by atoms with Crippen molar-refractivity contribution in [3.05, 3.63) is 41.5 Å². The van der Waals surface area contributed by atoms with Crippen molar-refractivity contribution < 1.29 is 33.2 Å². The smallest absolute Gasteiger partial charge is 0.319 e. The van der Waals surface area contributed by atoms with Gasteiger partial charge in [-0.3, -0.25) is 4.90 Å². The Morgan fingerprint density at radius 3 is 2.51 bits per heavy atom. The molecule has 0 amide bonds. The summed E-state index contributed by atoms with van der Waals surface area (Å²) in [5.41, 5.74) is -0.114. The van der Waals surface area contributed by atoms with Crippen molar-refractivity contribution in [3.63, 3.8) is 0 Å². The van der Waals surface area contributed by atoms with E-state index in [4.69, 9.17) is 24.2 Å². The first kappa shape index (κ1) is 36.7. The zero-order valence-corrected chi connectivity index (χ0v) is 32.3. The van der Waals surface area contributed by atoms with Gasteiger partial charge in [0, 0.05) is 49.4 Å². The number of benzene rings is 2. The van der Waals surface area contributed by atoms with E-state index in [1.807, 2.05) is 11.8 Å². The summed E-state index contributed by atoms with van der Waals surface area (Å²) in [6.07, 6.45) is 12.0. The summed E-state index contributed by atoms with van der Waals surface area (Å²) in [7, 11) is 1.46. The highest BCUT2D eigenvalue weighted by Gasteiger charge is 2.55. The lowest BCUT2D eigenvalue weighted by Crippen LogP contribution is -2.61. The van der Waals surface area contributed by atoms with Crippen LogP contribution in [0.15, 0.2) is 24.3 Å². The molecule has 2 saturated carbocycles. The van der Waals surface area contributed by atoms with E-state index in [1.165, 1.54) is 51.0 Å². The van der Waals surface area contributed by atoms with Gasteiger partial charge in [-0.25, -0.2) is 13.8 Å². The quantitative estimate of drug-likeness (QED) is 0.185. The number of ether oxygens (including phenoxy) is 3. The maximum absolute atomic E-state index is 17.4. The molecule has 2 aromatic carbocycles. The van der Waals surface area contributed by atoms with E-state index in [0.29, 0.717) is 72.1 Å². The number of phenolic OH excluding ortho intramolecular Hbond substituents is 1. The molecule has 2 aromatic heterocycles. The van der Waals surface area contributed by atoms with Gasteiger partial charge < -0.3 is 29.3 Å². The van der Waals surface area contributed by atoms with Gasteiger partial charge in [0.25, 0.3) is 0 Å². The van der Waals surface area contributed by atoms with Crippen LogP contribution in [0.1, 0.15) is 90.0 Å². The summed E-state index contributed by atoms with van der Waals surface area (Å²) >= 11 is 0. The lowest BCUT2D eigenvalue weighted by molar-refractivity contribution is -0.112. The third-order valence-corrected chi connectivity index (χ3v) is 13.8. The van der Waals surface area contributed by atoms with Crippen LogP contribution in [0, 0.1) is 22.5 Å². The Labute approximate surface area is 321 Å². The van der Waals surface area contributed by atoms with E-state index in [9.17, 15) is 10.2 Å². The van der Waals surface area contributed by atoms with E-state index < -0.39 is 17.2 Å². The predicted octanol–water partition coefficient (Wildman–Crippen LogP) is 7.72. The van der Waals surface area contributed by atoms with Crippen molar-refractivity contribution in [2.75, 3.05) is 51.5 Å². The Bertz CT molecular complexity index is 2120. The minimum atomic E-state index is -0.983. The number of aryl methyl sites for hydroxylation is 1. The third-order valence-electron chi connectivity index (χ3n) is 13.8. The van der Waals surface area contributed by atoms with Crippen molar-refractivity contribution in [3.8, 4) is 28.9 Å². The summed E-state index contributed by atoms with van der Waals surface area (Å²) in [6.45, 7) is 7.79. The topological polar surface area (TPSA) is 113 Å². The first-order valence-corrected chi connectivity index (χ1v) is 20.4. The van der Waals surface area contributed by atoms with Crippen molar-refractivity contribution in [2.45, 2.75) is 109 Å². The molecule has 0 unspecified atom stereocenters. The normalized spacial score (nSPS) is 27.1. The molecule has 2 aliphatic carbocycles. The van der Waals surface area contributed by atoms with Crippen LogP contribution >= 0.6 is 0 Å². The number of likely N-dealkylation sites (tertiary alicyclic amines) is 1. The van der Waals surface area contributed by atoms with E-state index in [2.05, 4.69) is 9.88 Å². The molecule has 2 N–H and O–H groups in total. The fourth-order valence-corrected chi connectivity index (χ4v) is 11.1. The second-order valence-corrected chi connectivity index (χ2v) is 17.4. The number of halogens is 2. The number of aromatic hydroxyl groups is 1. The first-order valence-electron chi connectivity index (χ1n) is 20.4. The highest BCUT2D eigenvalue weighted by molar-refractivity contribution is 6.03. The largest absolute Gasteiger partial charge is 0.508 e. The van der Waals surface area contributed by atoms with E-state index >= 15 is 8.78 Å². The number of pyridine rings is 1. The molecular formula is C43H53F2N5O5. The number of methoxy groups -OCH3 is 1. The first-order chi connectivity index (χ1) is 26.5. The van der Waals surface area contributed by atoms with Gasteiger partial charge in [0.1, 0.15) is 34.0 Å². The second kappa shape index (κ2) is 14.0. The van der Waals surface area contributed by atoms with Crippen LogP contribution in [0.3, 0.4) is 0 Å². The average Bonchev–Trinajstić information content (AvgIpc) is 3.61. The third kappa shape index (κ3) is 6.36. The van der Waals surface area contributed by atoms with Gasteiger partial charge in [-0.1, -0.05) is 19.4 Å². The number of nitrogens with zero attached hydrogens (tertiary/aromatic N) is 5. The van der Waals surface area contributed by atoms with Crippen molar-refractivity contribution in [1.82, 2.24) is 19.9 Å². The molecule has 55 heavy (non-hydrogen) atoms. The molecule has 5 aliphatic rings. The number of hydrogen-bond acceptors (Lipinski definition) is 10. The maximum Gasteiger partial charge on any atom is 0.319 e. The summed E-state index contributed by atoms with van der Waals surface area (Å²) in [5, 5.41) is 23.3. The number of anilines is 1. The van der Waals surface area contributed by atoms with E-state index in [-0.39, 0.29) is 51.8 Å². The van der Waals surface area contributed by atoms with Crippen molar-refractivity contribution >= 4 is 27.5 Å². The fourth-order valence-electron chi connectivity index (χ4n) is 11.1. The number of β-amino-alcohol motifs (C(OH)–C–C–N with tert-alkyl or cyclic N) is 1. The maximum atomic E-state index is 17.4. The SMILES string of the molecule is CCc1c(F)ccc2cc(O)cc(-c3nc(OC)c4c(N5CCC[C@@](C)(O)C5)nc(OC[C@]56CCC[C@H]5N(C5CC7(CCOCC7)C5)CCC6)nc4c3F)c12. The zero-order chi connectivity index (χ0) is 38.1. The molecule has 5 heterocycles. The zero-order valence-electron chi connectivity index (χ0n) is 32.3. The fraction of sp³-hybridized carbons (Fsp3) is 0.605. The molecule has 1 spiro atoms. The Balaban J connectivity index is 1.12. The van der Waals surface area contributed by atoms with Gasteiger partial charge in [-0.2, -0.15) is 9.97 Å². The number of aliphatic hydroxyl groups is 1. The van der Waals surface area contributed by atoms with Crippen LogP contribution in [-0.2, 0) is 11.2 Å². The number of rotatable bonds is 8. The molecule has 4 aromatic rings. The van der Waals surface area contributed by atoms with Crippen LogP contribution < -0.4 is 14.4 Å². The minimum Gasteiger partial charge on any atom is -0.508 e. The number of fused-ring (bicyclic) bond motifs is 3. The van der Waals surface area contributed by atoms with Gasteiger partial charge in [-0.05, 0) is 124 Å². The Kier molecular flexibility index (Phi) is 9.32. The molecule has 10 nitrogen and oxygen atoms in total. The molecular weight excluding hydrogens is 704 g/mol. The Morgan fingerprint density at radius 2 is 1.75 bits per heavy atom. The molecule has 0 radical (unpaired) electrons. The minimum absolute atomic E-state index is 0.0417. The van der Waals surface area contributed by atoms with Gasteiger partial charge in [-0.15, -0.1) is 0 Å². The van der Waals surface area contributed by atoms with Crippen LogP contribution in [0.25, 0.3) is 32.9 Å². The molecule has 9 rings (SSSR count). The van der Waals surface area contributed by atoms with Gasteiger partial charge in [0.2, 0.25) is 5.88 Å². The van der Waals surface area contributed by atoms with Crippen LogP contribution in [-0.4, -0.2) is 94.3 Å². The molecule has 294 valence electrons. The molecule has 0 bridgehead atoms. The number of piperidine rings is 2. The second-order valence-electron chi connectivity index (χ2n) is 17.4. The highest BCUT2D eigenvalue weighted by atomic mass is 19.1. The summed E-state index contributed by atoms with van der Waals surface area (Å²) in [4.78, 5) is 19.2. The van der Waals surface area contributed by atoms with Crippen LogP contribution in [0.5, 0.6) is 17.6 Å². The summed E-state index contributed by atoms with van der Waals surface area (Å²) in [6, 6.07) is 6.97. The molecule has 5 fully saturated rings. The Hall–Kier alpha value is -3.87. The average molecular weight is 758 g/mol. The summed E-state index contributed by atoms with van der Waals surface area (Å²) in [5.74, 6) is -0.795. The van der Waals surface area contributed by atoms with E-state index in [1.54, 1.807) is 13.0 Å². The highest BCUT2D eigenvalue weighted by Crippen LogP contribution is 2.56. The van der Waals surface area contributed by atoms with Gasteiger partial charge >= 0.3 is 6.01 Å². The van der Waals surface area contributed by atoms with Crippen LogP contribution in [0.4, 0.5) is 14.6 Å². The summed E-state index contributed by atoms with van der Waals surface area (Å²) < 4.78 is 50.8. The lowest BCUT2D eigenvalue weighted by Gasteiger charge is -2.58. The molecule has 12 heteroatoms. The molecule has 3 aliphatic heterocycles. The van der Waals surface area contributed by atoms with Gasteiger partial charge in [0.05, 0.1) is 19.3 Å².